The lowest BCUT2D eigenvalue weighted by atomic mass is 10.0. The first-order chi connectivity index (χ1) is 14.1. The third-order valence-corrected chi connectivity index (χ3v) is 5.86. The fraction of sp³-hybridized carbons (Fsp3) is 0.375. The van der Waals surface area contributed by atoms with Crippen molar-refractivity contribution in [3.05, 3.63) is 71.0 Å². The standard InChI is InChI=1S/C24H28N2O3/c1-17-8-9-21-20(16-29-24(21)18(17)2)14-23(27)25-15-22(19-6-4-3-5-7-19)26-10-12-28-13-11-26/h3-9,16,22H,10-15H2,1-2H3,(H,25,27). The van der Waals surface area contributed by atoms with Crippen LogP contribution >= 0.6 is 0 Å². The summed E-state index contributed by atoms with van der Waals surface area (Å²) >= 11 is 0. The van der Waals surface area contributed by atoms with E-state index in [-0.39, 0.29) is 11.9 Å². The Bertz CT molecular complexity index is 974. The molecule has 0 saturated carbocycles. The molecule has 1 aliphatic heterocycles. The quantitative estimate of drug-likeness (QED) is 0.694. The molecule has 1 amide bonds. The number of morpholine rings is 1. The molecule has 5 nitrogen and oxygen atoms in total. The topological polar surface area (TPSA) is 54.7 Å². The van der Waals surface area contributed by atoms with E-state index < -0.39 is 0 Å². The number of nitrogens with one attached hydrogen (secondary N) is 1. The van der Waals surface area contributed by atoms with Crippen molar-refractivity contribution in [1.29, 1.82) is 0 Å². The van der Waals surface area contributed by atoms with E-state index in [1.54, 1.807) is 6.26 Å². The largest absolute Gasteiger partial charge is 0.464 e. The molecule has 4 rings (SSSR count). The van der Waals surface area contributed by atoms with E-state index in [0.29, 0.717) is 13.0 Å². The van der Waals surface area contributed by atoms with Gasteiger partial charge < -0.3 is 14.5 Å². The van der Waals surface area contributed by atoms with Crippen molar-refractivity contribution < 1.29 is 13.9 Å². The van der Waals surface area contributed by atoms with Crippen molar-refractivity contribution in [2.75, 3.05) is 32.8 Å². The molecule has 1 saturated heterocycles. The molecule has 3 aromatic rings. The third kappa shape index (κ3) is 4.36. The molecule has 1 atom stereocenters. The van der Waals surface area contributed by atoms with Gasteiger partial charge in [-0.15, -0.1) is 0 Å². The van der Waals surface area contributed by atoms with E-state index in [1.807, 2.05) is 24.3 Å². The van der Waals surface area contributed by atoms with Gasteiger partial charge in [0.2, 0.25) is 5.91 Å². The molecule has 0 spiro atoms. The number of nitrogens with zero attached hydrogens (tertiary/aromatic N) is 1. The molecule has 2 heterocycles. The third-order valence-electron chi connectivity index (χ3n) is 5.86. The Morgan fingerprint density at radius 1 is 1.10 bits per heavy atom. The summed E-state index contributed by atoms with van der Waals surface area (Å²) in [6.07, 6.45) is 2.04. The zero-order valence-corrected chi connectivity index (χ0v) is 17.1. The highest BCUT2D eigenvalue weighted by molar-refractivity contribution is 5.89. The van der Waals surface area contributed by atoms with Gasteiger partial charge in [0, 0.05) is 30.6 Å². The summed E-state index contributed by atoms with van der Waals surface area (Å²) in [5.74, 6) is 0.0140. The summed E-state index contributed by atoms with van der Waals surface area (Å²) in [7, 11) is 0. The van der Waals surface area contributed by atoms with Crippen LogP contribution in [-0.2, 0) is 16.0 Å². The van der Waals surface area contributed by atoms with Crippen LogP contribution in [0.25, 0.3) is 11.0 Å². The minimum Gasteiger partial charge on any atom is -0.464 e. The smallest absolute Gasteiger partial charge is 0.224 e. The summed E-state index contributed by atoms with van der Waals surface area (Å²) in [6.45, 7) is 7.92. The average molecular weight is 392 g/mol. The number of amides is 1. The van der Waals surface area contributed by atoms with Crippen molar-refractivity contribution in [2.45, 2.75) is 26.3 Å². The fourth-order valence-corrected chi connectivity index (χ4v) is 3.99. The Morgan fingerprint density at radius 2 is 1.86 bits per heavy atom. The van der Waals surface area contributed by atoms with Gasteiger partial charge in [-0.2, -0.15) is 0 Å². The molecule has 5 heteroatoms. The normalized spacial score (nSPS) is 16.1. The van der Waals surface area contributed by atoms with Gasteiger partial charge in [0.25, 0.3) is 0 Å². The van der Waals surface area contributed by atoms with Gasteiger partial charge in [-0.1, -0.05) is 42.5 Å². The Balaban J connectivity index is 1.45. The number of ether oxygens (including phenoxy) is 1. The summed E-state index contributed by atoms with van der Waals surface area (Å²) in [5.41, 5.74) is 5.35. The van der Waals surface area contributed by atoms with Crippen molar-refractivity contribution in [3.8, 4) is 0 Å². The van der Waals surface area contributed by atoms with E-state index in [2.05, 4.69) is 42.3 Å². The highest BCUT2D eigenvalue weighted by Gasteiger charge is 2.23. The van der Waals surface area contributed by atoms with Crippen LogP contribution in [0.1, 0.15) is 28.3 Å². The second-order valence-corrected chi connectivity index (χ2v) is 7.70. The molecule has 2 aromatic carbocycles. The maximum absolute atomic E-state index is 12.7. The Morgan fingerprint density at radius 3 is 2.62 bits per heavy atom. The first kappa shape index (κ1) is 19.7. The molecule has 0 radical (unpaired) electrons. The zero-order chi connectivity index (χ0) is 20.2. The van der Waals surface area contributed by atoms with Crippen LogP contribution in [0.3, 0.4) is 0 Å². The fourth-order valence-electron chi connectivity index (χ4n) is 3.99. The van der Waals surface area contributed by atoms with Gasteiger partial charge in [0.05, 0.1) is 31.9 Å². The number of carbonyl (C=O) groups is 1. The molecular formula is C24H28N2O3. The molecule has 1 aromatic heterocycles. The number of hydrogen-bond donors (Lipinski definition) is 1. The maximum atomic E-state index is 12.7. The number of fused-ring (bicyclic) bond motifs is 1. The van der Waals surface area contributed by atoms with Gasteiger partial charge >= 0.3 is 0 Å². The Labute approximate surface area is 171 Å². The van der Waals surface area contributed by atoms with Gasteiger partial charge in [0.1, 0.15) is 5.58 Å². The van der Waals surface area contributed by atoms with Crippen LogP contribution in [0, 0.1) is 13.8 Å². The highest BCUT2D eigenvalue weighted by Crippen LogP contribution is 2.27. The van der Waals surface area contributed by atoms with E-state index in [0.717, 1.165) is 48.4 Å². The first-order valence-electron chi connectivity index (χ1n) is 10.2. The van der Waals surface area contributed by atoms with Crippen molar-refractivity contribution in [2.24, 2.45) is 0 Å². The Hall–Kier alpha value is -2.63. The molecular weight excluding hydrogens is 364 g/mol. The van der Waals surface area contributed by atoms with Crippen LogP contribution < -0.4 is 5.32 Å². The SMILES string of the molecule is Cc1ccc2c(CC(=O)NCC(c3ccccc3)N3CCOCC3)coc2c1C. The van der Waals surface area contributed by atoms with Gasteiger partial charge in [-0.3, -0.25) is 9.69 Å². The summed E-state index contributed by atoms with van der Waals surface area (Å²) in [5, 5.41) is 4.17. The first-order valence-corrected chi connectivity index (χ1v) is 10.2. The number of aryl methyl sites for hydroxylation is 2. The molecule has 1 N–H and O–H groups in total. The predicted octanol–water partition coefficient (Wildman–Crippen LogP) is 3.78. The van der Waals surface area contributed by atoms with Crippen LogP contribution in [0.2, 0.25) is 0 Å². The van der Waals surface area contributed by atoms with E-state index in [1.165, 1.54) is 11.1 Å². The average Bonchev–Trinajstić information content (AvgIpc) is 3.16. The van der Waals surface area contributed by atoms with Crippen LogP contribution in [0.15, 0.2) is 53.1 Å². The van der Waals surface area contributed by atoms with E-state index >= 15 is 0 Å². The second-order valence-electron chi connectivity index (χ2n) is 7.70. The molecule has 1 unspecified atom stereocenters. The maximum Gasteiger partial charge on any atom is 0.224 e. The van der Waals surface area contributed by atoms with Crippen LogP contribution in [0.4, 0.5) is 0 Å². The predicted molar refractivity (Wildman–Crippen MR) is 114 cm³/mol. The van der Waals surface area contributed by atoms with Gasteiger partial charge in [-0.25, -0.2) is 0 Å². The van der Waals surface area contributed by atoms with Crippen molar-refractivity contribution in [1.82, 2.24) is 10.2 Å². The number of furan rings is 1. The second kappa shape index (κ2) is 8.80. The highest BCUT2D eigenvalue weighted by atomic mass is 16.5. The summed E-state index contributed by atoms with van der Waals surface area (Å²) in [4.78, 5) is 15.1. The minimum atomic E-state index is 0.0140. The van der Waals surface area contributed by atoms with Crippen molar-refractivity contribution >= 4 is 16.9 Å². The van der Waals surface area contributed by atoms with Gasteiger partial charge in [0.15, 0.2) is 0 Å². The number of benzene rings is 2. The van der Waals surface area contributed by atoms with Crippen molar-refractivity contribution in [3.63, 3.8) is 0 Å². The number of hydrogen-bond acceptors (Lipinski definition) is 4. The lowest BCUT2D eigenvalue weighted by molar-refractivity contribution is -0.120. The number of carbonyl (C=O) groups excluding carboxylic acids is 1. The van der Waals surface area contributed by atoms with E-state index in [4.69, 9.17) is 9.15 Å². The lowest BCUT2D eigenvalue weighted by Gasteiger charge is -2.35. The van der Waals surface area contributed by atoms with Crippen LogP contribution in [0.5, 0.6) is 0 Å². The minimum absolute atomic E-state index is 0.0140. The lowest BCUT2D eigenvalue weighted by Crippen LogP contribution is -2.44. The zero-order valence-electron chi connectivity index (χ0n) is 17.1. The molecule has 152 valence electrons. The molecule has 1 fully saturated rings. The summed E-state index contributed by atoms with van der Waals surface area (Å²) < 4.78 is 11.3. The molecule has 29 heavy (non-hydrogen) atoms. The molecule has 0 bridgehead atoms. The molecule has 1 aliphatic rings. The van der Waals surface area contributed by atoms with Gasteiger partial charge in [-0.05, 0) is 30.5 Å². The Kier molecular flexibility index (Phi) is 5.97. The van der Waals surface area contributed by atoms with Crippen LogP contribution in [-0.4, -0.2) is 43.7 Å². The van der Waals surface area contributed by atoms with E-state index in [9.17, 15) is 4.79 Å². The number of rotatable bonds is 6. The molecule has 0 aliphatic carbocycles. The summed E-state index contributed by atoms with van der Waals surface area (Å²) in [6, 6.07) is 14.6. The monoisotopic (exact) mass is 392 g/mol.